The molecule has 130 valence electrons. The van der Waals surface area contributed by atoms with Gasteiger partial charge in [-0.2, -0.15) is 0 Å². The molecule has 0 unspecified atom stereocenters. The molecule has 2 rings (SSSR count). The van der Waals surface area contributed by atoms with Crippen LogP contribution >= 0.6 is 12.4 Å². The van der Waals surface area contributed by atoms with Crippen LogP contribution in [0.5, 0.6) is 11.5 Å². The Morgan fingerprint density at radius 1 is 1.43 bits per heavy atom. The van der Waals surface area contributed by atoms with Gasteiger partial charge >= 0.3 is 0 Å². The summed E-state index contributed by atoms with van der Waals surface area (Å²) < 4.78 is 5.04. The molecule has 1 atom stereocenters. The monoisotopic (exact) mass is 347 g/mol. The average Bonchev–Trinajstić information content (AvgIpc) is 2.54. The molecule has 9 heteroatoms. The molecule has 1 aromatic carbocycles. The Bertz CT molecular complexity index is 537. The average molecular weight is 348 g/mol. The molecule has 0 radical (unpaired) electrons. The van der Waals surface area contributed by atoms with E-state index in [1.165, 1.54) is 19.2 Å². The van der Waals surface area contributed by atoms with Gasteiger partial charge in [-0.3, -0.25) is 15.0 Å². The molecule has 0 spiro atoms. The topological polar surface area (TPSA) is 108 Å². The van der Waals surface area contributed by atoms with Crippen LogP contribution < -0.4 is 10.1 Å². The van der Waals surface area contributed by atoms with E-state index in [1.54, 1.807) is 0 Å². The van der Waals surface area contributed by atoms with Crippen LogP contribution in [0.3, 0.4) is 0 Å². The number of piperazine rings is 1. The van der Waals surface area contributed by atoms with E-state index in [0.29, 0.717) is 12.0 Å². The van der Waals surface area contributed by atoms with Crippen molar-refractivity contribution < 1.29 is 19.9 Å². The van der Waals surface area contributed by atoms with Crippen LogP contribution in [-0.2, 0) is 0 Å². The lowest BCUT2D eigenvalue weighted by Crippen LogP contribution is -2.45. The molecular formula is C14H22ClN3O5. The molecule has 23 heavy (non-hydrogen) atoms. The number of ether oxygens (including phenoxy) is 1. The minimum absolute atomic E-state index is 0. The summed E-state index contributed by atoms with van der Waals surface area (Å²) in [5, 5.41) is 34.0. The van der Waals surface area contributed by atoms with Crippen molar-refractivity contribution in [2.75, 3.05) is 39.9 Å². The zero-order chi connectivity index (χ0) is 16.1. The molecule has 0 amide bonds. The summed E-state index contributed by atoms with van der Waals surface area (Å²) in [5.41, 5.74) is 0.282. The summed E-state index contributed by atoms with van der Waals surface area (Å²) in [7, 11) is 1.36. The quantitative estimate of drug-likeness (QED) is 0.521. The number of rotatable bonds is 6. The van der Waals surface area contributed by atoms with Gasteiger partial charge in [0.15, 0.2) is 11.5 Å². The van der Waals surface area contributed by atoms with Gasteiger partial charge in [0.05, 0.1) is 18.1 Å². The number of hydrogen-bond donors (Lipinski definition) is 3. The van der Waals surface area contributed by atoms with Crippen LogP contribution in [-0.4, -0.2) is 59.9 Å². The zero-order valence-corrected chi connectivity index (χ0v) is 13.7. The number of nitrogens with one attached hydrogen (secondary N) is 1. The molecule has 0 bridgehead atoms. The first-order chi connectivity index (χ1) is 10.6. The molecule has 1 heterocycles. The van der Waals surface area contributed by atoms with Gasteiger partial charge in [0.25, 0.3) is 5.69 Å². The highest BCUT2D eigenvalue weighted by molar-refractivity contribution is 5.85. The van der Waals surface area contributed by atoms with E-state index in [4.69, 9.17) is 4.74 Å². The Kier molecular flexibility index (Phi) is 7.50. The highest BCUT2D eigenvalue weighted by Gasteiger charge is 2.28. The number of nitrogens with zero attached hydrogens (tertiary/aromatic N) is 2. The number of halogens is 1. The first kappa shape index (κ1) is 19.4. The smallest absolute Gasteiger partial charge is 0.273 e. The second-order valence-electron chi connectivity index (χ2n) is 5.16. The Hall–Kier alpha value is -1.61. The molecule has 1 aliphatic rings. The van der Waals surface area contributed by atoms with E-state index in [2.05, 4.69) is 10.2 Å². The Labute approximate surface area is 140 Å². The van der Waals surface area contributed by atoms with Crippen LogP contribution in [0.1, 0.15) is 18.0 Å². The molecule has 1 aliphatic heterocycles. The van der Waals surface area contributed by atoms with E-state index >= 15 is 0 Å². The summed E-state index contributed by atoms with van der Waals surface area (Å²) in [6.07, 6.45) is 0.387. The minimum Gasteiger partial charge on any atom is -0.504 e. The van der Waals surface area contributed by atoms with Crippen molar-refractivity contribution in [3.05, 3.63) is 27.8 Å². The molecule has 1 aromatic rings. The van der Waals surface area contributed by atoms with Gasteiger partial charge in [0, 0.05) is 50.5 Å². The van der Waals surface area contributed by atoms with E-state index in [-0.39, 0.29) is 42.2 Å². The predicted octanol–water partition coefficient (Wildman–Crippen LogP) is 1.06. The van der Waals surface area contributed by atoms with Crippen molar-refractivity contribution in [1.82, 2.24) is 10.2 Å². The molecule has 0 aliphatic carbocycles. The number of benzene rings is 1. The van der Waals surface area contributed by atoms with Gasteiger partial charge in [-0.1, -0.05) is 0 Å². The first-order valence-corrected chi connectivity index (χ1v) is 7.19. The van der Waals surface area contributed by atoms with Crippen LogP contribution in [0.4, 0.5) is 5.69 Å². The number of non-ortho nitro benzene ring substituents is 1. The maximum atomic E-state index is 11.1. The van der Waals surface area contributed by atoms with Crippen LogP contribution in [0.2, 0.25) is 0 Å². The second kappa shape index (κ2) is 8.88. The number of phenols is 1. The van der Waals surface area contributed by atoms with Crippen molar-refractivity contribution in [2.45, 2.75) is 12.5 Å². The van der Waals surface area contributed by atoms with Crippen LogP contribution in [0.15, 0.2) is 12.1 Å². The third-order valence-electron chi connectivity index (χ3n) is 3.87. The molecule has 1 fully saturated rings. The number of aliphatic hydroxyl groups excluding tert-OH is 1. The predicted molar refractivity (Wildman–Crippen MR) is 87.4 cm³/mol. The molecule has 3 N–H and O–H groups in total. The van der Waals surface area contributed by atoms with E-state index < -0.39 is 4.92 Å². The lowest BCUT2D eigenvalue weighted by molar-refractivity contribution is -0.385. The van der Waals surface area contributed by atoms with Crippen molar-refractivity contribution in [3.8, 4) is 11.5 Å². The van der Waals surface area contributed by atoms with Gasteiger partial charge in [-0.25, -0.2) is 0 Å². The highest BCUT2D eigenvalue weighted by Crippen LogP contribution is 2.40. The Balaban J connectivity index is 0.00000264. The molecule has 0 saturated carbocycles. The number of nitro groups is 1. The molecular weight excluding hydrogens is 326 g/mol. The SMILES string of the molecule is COc1cc([N+](=O)[O-])cc([C@@H](CCO)N2CCNCC2)c1O.Cl. The third kappa shape index (κ3) is 4.44. The number of hydrogen-bond acceptors (Lipinski definition) is 7. The van der Waals surface area contributed by atoms with Gasteiger partial charge in [0.1, 0.15) is 0 Å². The van der Waals surface area contributed by atoms with Gasteiger partial charge < -0.3 is 20.3 Å². The number of aliphatic hydroxyl groups is 1. The summed E-state index contributed by atoms with van der Waals surface area (Å²) in [6.45, 7) is 3.02. The summed E-state index contributed by atoms with van der Waals surface area (Å²) in [5.74, 6) is -0.0349. The van der Waals surface area contributed by atoms with Gasteiger partial charge in [0.2, 0.25) is 0 Å². The summed E-state index contributed by atoms with van der Waals surface area (Å²) in [4.78, 5) is 12.7. The third-order valence-corrected chi connectivity index (χ3v) is 3.87. The fourth-order valence-corrected chi connectivity index (χ4v) is 2.78. The first-order valence-electron chi connectivity index (χ1n) is 7.19. The zero-order valence-electron chi connectivity index (χ0n) is 12.9. The van der Waals surface area contributed by atoms with Crippen LogP contribution in [0, 0.1) is 10.1 Å². The van der Waals surface area contributed by atoms with Crippen LogP contribution in [0.25, 0.3) is 0 Å². The summed E-state index contributed by atoms with van der Waals surface area (Å²) >= 11 is 0. The van der Waals surface area contributed by atoms with Gasteiger partial charge in [-0.15, -0.1) is 12.4 Å². The molecule has 8 nitrogen and oxygen atoms in total. The second-order valence-corrected chi connectivity index (χ2v) is 5.16. The van der Waals surface area contributed by atoms with Crippen molar-refractivity contribution in [2.24, 2.45) is 0 Å². The van der Waals surface area contributed by atoms with E-state index in [1.807, 2.05) is 0 Å². The minimum atomic E-state index is -0.515. The maximum absolute atomic E-state index is 11.1. The van der Waals surface area contributed by atoms with E-state index in [0.717, 1.165) is 26.2 Å². The van der Waals surface area contributed by atoms with Crippen molar-refractivity contribution >= 4 is 18.1 Å². The largest absolute Gasteiger partial charge is 0.504 e. The number of nitro benzene ring substituents is 1. The lowest BCUT2D eigenvalue weighted by Gasteiger charge is -2.35. The maximum Gasteiger partial charge on any atom is 0.273 e. The number of phenolic OH excluding ortho intramolecular Hbond substituents is 1. The fourth-order valence-electron chi connectivity index (χ4n) is 2.78. The number of aromatic hydroxyl groups is 1. The summed E-state index contributed by atoms with van der Waals surface area (Å²) in [6, 6.07) is 2.27. The number of methoxy groups -OCH3 is 1. The molecule has 1 saturated heterocycles. The van der Waals surface area contributed by atoms with Gasteiger partial charge in [-0.05, 0) is 6.42 Å². The standard InChI is InChI=1S/C14H21N3O5.ClH/c1-22-13-9-10(17(20)21)8-11(14(13)19)12(2-7-18)16-5-3-15-4-6-16;/h8-9,12,15,18-19H,2-7H2,1H3;1H/t12-;/m1./s1. The lowest BCUT2D eigenvalue weighted by atomic mass is 9.99. The Morgan fingerprint density at radius 3 is 2.61 bits per heavy atom. The highest BCUT2D eigenvalue weighted by atomic mass is 35.5. The fraction of sp³-hybridized carbons (Fsp3) is 0.571. The molecule has 0 aromatic heterocycles. The van der Waals surface area contributed by atoms with Crippen molar-refractivity contribution in [1.29, 1.82) is 0 Å². The Morgan fingerprint density at radius 2 is 2.09 bits per heavy atom. The van der Waals surface area contributed by atoms with Crippen molar-refractivity contribution in [3.63, 3.8) is 0 Å². The van der Waals surface area contributed by atoms with E-state index in [9.17, 15) is 20.3 Å². The normalized spacial score (nSPS) is 16.4.